The van der Waals surface area contributed by atoms with Crippen molar-refractivity contribution in [3.05, 3.63) is 18.0 Å². The number of amidine groups is 1. The van der Waals surface area contributed by atoms with E-state index in [4.69, 9.17) is 11.1 Å². The molecule has 0 bridgehead atoms. The van der Waals surface area contributed by atoms with Gasteiger partial charge in [-0.05, 0) is 6.07 Å². The number of hydrogen-bond donors (Lipinski definition) is 3. The van der Waals surface area contributed by atoms with Gasteiger partial charge in [0.2, 0.25) is 0 Å². The molecule has 1 aromatic rings. The lowest BCUT2D eigenvalue weighted by Gasteiger charge is -1.85. The molecule has 0 aromatic carbocycles. The van der Waals surface area contributed by atoms with Crippen molar-refractivity contribution in [2.24, 2.45) is 5.73 Å². The van der Waals surface area contributed by atoms with Crippen LogP contribution in [0.15, 0.2) is 12.3 Å². The molecule has 0 aliphatic heterocycles. The quantitative estimate of drug-likeness (QED) is 0.389. The Morgan fingerprint density at radius 2 is 2.44 bits per heavy atom. The van der Waals surface area contributed by atoms with Crippen molar-refractivity contribution < 1.29 is 0 Å². The van der Waals surface area contributed by atoms with E-state index in [1.807, 2.05) is 0 Å². The maximum Gasteiger partial charge on any atom is 0.141 e. The molecule has 0 unspecified atom stereocenters. The normalized spacial score (nSPS) is 8.00. The van der Waals surface area contributed by atoms with Crippen LogP contribution in [-0.4, -0.2) is 16.0 Å². The number of H-pyrrole nitrogens is 1. The lowest BCUT2D eigenvalue weighted by Crippen LogP contribution is -2.11. The Balaban J connectivity index is 0.000000640. The molecule has 9 heavy (non-hydrogen) atoms. The zero-order valence-electron chi connectivity index (χ0n) is 4.59. The summed E-state index contributed by atoms with van der Waals surface area (Å²) in [5.74, 6) is 0.0162. The fraction of sp³-hybridized carbons (Fsp3) is 0. The molecule has 1 rings (SSSR count). The van der Waals surface area contributed by atoms with Crippen molar-refractivity contribution in [1.82, 2.24) is 10.2 Å². The summed E-state index contributed by atoms with van der Waals surface area (Å²) in [5.41, 5.74) is 5.63. The summed E-state index contributed by atoms with van der Waals surface area (Å²) in [6.45, 7) is 0. The van der Waals surface area contributed by atoms with Gasteiger partial charge in [0, 0.05) is 6.20 Å². The highest BCUT2D eigenvalue weighted by Crippen LogP contribution is 1.85. The zero-order valence-corrected chi connectivity index (χ0v) is 5.40. The molecule has 50 valence electrons. The topological polar surface area (TPSA) is 78.6 Å². The SMILES string of the molecule is Cl.N=C(N)c1ccn[nH]1. The minimum atomic E-state index is 0. The number of aromatic nitrogens is 2. The maximum atomic E-state index is 6.86. The fourth-order valence-electron chi connectivity index (χ4n) is 0.406. The molecule has 0 aliphatic rings. The van der Waals surface area contributed by atoms with Crippen LogP contribution in [-0.2, 0) is 0 Å². The minimum absolute atomic E-state index is 0. The zero-order chi connectivity index (χ0) is 5.98. The van der Waals surface area contributed by atoms with Gasteiger partial charge in [-0.25, -0.2) is 0 Å². The summed E-state index contributed by atoms with van der Waals surface area (Å²) in [5, 5.41) is 13.0. The average molecular weight is 147 g/mol. The Morgan fingerprint density at radius 1 is 1.78 bits per heavy atom. The van der Waals surface area contributed by atoms with Crippen molar-refractivity contribution >= 4 is 18.2 Å². The van der Waals surface area contributed by atoms with Gasteiger partial charge in [0.15, 0.2) is 0 Å². The third-order valence-electron chi connectivity index (χ3n) is 0.791. The lowest BCUT2D eigenvalue weighted by atomic mass is 10.4. The molecule has 0 fully saturated rings. The number of nitrogen functional groups attached to an aromatic ring is 1. The summed E-state index contributed by atoms with van der Waals surface area (Å²) in [7, 11) is 0. The Hall–Kier alpha value is -1.03. The number of halogens is 1. The first-order valence-corrected chi connectivity index (χ1v) is 2.14. The number of hydrogen-bond acceptors (Lipinski definition) is 2. The first kappa shape index (κ1) is 7.97. The first-order chi connectivity index (χ1) is 3.80. The molecule has 1 heterocycles. The van der Waals surface area contributed by atoms with Gasteiger partial charge >= 0.3 is 0 Å². The summed E-state index contributed by atoms with van der Waals surface area (Å²) >= 11 is 0. The van der Waals surface area contributed by atoms with Crippen molar-refractivity contribution in [2.45, 2.75) is 0 Å². The van der Waals surface area contributed by atoms with E-state index in [0.717, 1.165) is 0 Å². The molecule has 0 amide bonds. The van der Waals surface area contributed by atoms with Gasteiger partial charge in [-0.3, -0.25) is 10.5 Å². The van der Waals surface area contributed by atoms with Crippen LogP contribution in [0.1, 0.15) is 5.69 Å². The monoisotopic (exact) mass is 146 g/mol. The smallest absolute Gasteiger partial charge is 0.141 e. The molecule has 0 atom stereocenters. The average Bonchev–Trinajstić information content (AvgIpc) is 2.12. The van der Waals surface area contributed by atoms with Crippen LogP contribution >= 0.6 is 12.4 Å². The number of nitrogens with two attached hydrogens (primary N) is 1. The number of nitrogens with one attached hydrogen (secondary N) is 2. The van der Waals surface area contributed by atoms with Crippen LogP contribution in [0.25, 0.3) is 0 Å². The largest absolute Gasteiger partial charge is 0.382 e. The first-order valence-electron chi connectivity index (χ1n) is 2.14. The second-order valence-corrected chi connectivity index (χ2v) is 1.38. The lowest BCUT2D eigenvalue weighted by molar-refractivity contribution is 1.07. The van der Waals surface area contributed by atoms with Gasteiger partial charge in [-0.1, -0.05) is 0 Å². The van der Waals surface area contributed by atoms with Crippen LogP contribution in [0.5, 0.6) is 0 Å². The van der Waals surface area contributed by atoms with E-state index >= 15 is 0 Å². The van der Waals surface area contributed by atoms with Gasteiger partial charge in [-0.2, -0.15) is 5.10 Å². The third kappa shape index (κ3) is 1.73. The molecule has 0 saturated carbocycles. The second-order valence-electron chi connectivity index (χ2n) is 1.38. The summed E-state index contributed by atoms with van der Waals surface area (Å²) < 4.78 is 0. The summed E-state index contributed by atoms with van der Waals surface area (Å²) in [6, 6.07) is 1.64. The van der Waals surface area contributed by atoms with Gasteiger partial charge in [0.05, 0.1) is 5.69 Å². The predicted octanol–water partition coefficient (Wildman–Crippen LogP) is 0.116. The Bertz CT molecular complexity index is 180. The highest BCUT2D eigenvalue weighted by Gasteiger charge is 1.92. The van der Waals surface area contributed by atoms with E-state index in [1.54, 1.807) is 12.3 Å². The van der Waals surface area contributed by atoms with E-state index in [0.29, 0.717) is 5.69 Å². The molecule has 4 nitrogen and oxygen atoms in total. The van der Waals surface area contributed by atoms with Crippen molar-refractivity contribution in [2.75, 3.05) is 0 Å². The standard InChI is InChI=1S/C4H6N4.ClH/c5-4(6)3-1-2-7-8-3;/h1-2H,(H3,5,6)(H,7,8);1H. The highest BCUT2D eigenvalue weighted by molar-refractivity contribution is 5.92. The van der Waals surface area contributed by atoms with Gasteiger partial charge in [0.1, 0.15) is 5.84 Å². The number of nitrogens with zero attached hydrogens (tertiary/aromatic N) is 1. The van der Waals surface area contributed by atoms with Crippen LogP contribution in [0.4, 0.5) is 0 Å². The van der Waals surface area contributed by atoms with Gasteiger partial charge in [-0.15, -0.1) is 12.4 Å². The van der Waals surface area contributed by atoms with Gasteiger partial charge in [0.25, 0.3) is 0 Å². The second kappa shape index (κ2) is 3.09. The number of rotatable bonds is 1. The van der Waals surface area contributed by atoms with E-state index in [-0.39, 0.29) is 18.2 Å². The molecule has 0 aliphatic carbocycles. The molecule has 0 spiro atoms. The van der Waals surface area contributed by atoms with Gasteiger partial charge < -0.3 is 5.73 Å². The van der Waals surface area contributed by atoms with Crippen LogP contribution < -0.4 is 5.73 Å². The van der Waals surface area contributed by atoms with Crippen molar-refractivity contribution in [3.63, 3.8) is 0 Å². The maximum absolute atomic E-state index is 6.86. The van der Waals surface area contributed by atoms with E-state index < -0.39 is 0 Å². The molecule has 0 saturated heterocycles. The molecule has 4 N–H and O–H groups in total. The van der Waals surface area contributed by atoms with Crippen molar-refractivity contribution in [1.29, 1.82) is 5.41 Å². The predicted molar refractivity (Wildman–Crippen MR) is 36.9 cm³/mol. The van der Waals surface area contributed by atoms with E-state index in [1.165, 1.54) is 0 Å². The molecule has 1 aromatic heterocycles. The molecular formula is C4H7ClN4. The highest BCUT2D eigenvalue weighted by atomic mass is 35.5. The number of aromatic amines is 1. The Morgan fingerprint density at radius 3 is 2.67 bits per heavy atom. The third-order valence-corrected chi connectivity index (χ3v) is 0.791. The Labute approximate surface area is 58.4 Å². The van der Waals surface area contributed by atoms with E-state index in [9.17, 15) is 0 Å². The Kier molecular flexibility index (Phi) is 2.73. The van der Waals surface area contributed by atoms with Crippen LogP contribution in [0.3, 0.4) is 0 Å². The summed E-state index contributed by atoms with van der Waals surface area (Å²) in [4.78, 5) is 0. The fourth-order valence-corrected chi connectivity index (χ4v) is 0.406. The molecule has 5 heteroatoms. The van der Waals surface area contributed by atoms with Crippen molar-refractivity contribution in [3.8, 4) is 0 Å². The van der Waals surface area contributed by atoms with Crippen LogP contribution in [0.2, 0.25) is 0 Å². The minimum Gasteiger partial charge on any atom is -0.382 e. The van der Waals surface area contributed by atoms with Crippen LogP contribution in [0, 0.1) is 5.41 Å². The molecule has 0 radical (unpaired) electrons. The molecular weight excluding hydrogens is 140 g/mol. The summed E-state index contributed by atoms with van der Waals surface area (Å²) in [6.07, 6.45) is 1.55. The van der Waals surface area contributed by atoms with E-state index in [2.05, 4.69) is 10.2 Å².